The number of halogens is 1. The topological polar surface area (TPSA) is 53.9 Å². The van der Waals surface area contributed by atoms with Crippen LogP contribution in [0.25, 0.3) is 0 Å². The van der Waals surface area contributed by atoms with Crippen LogP contribution in [0.15, 0.2) is 34.2 Å². The number of hydrogen-bond acceptors (Lipinski definition) is 4. The zero-order valence-electron chi connectivity index (χ0n) is 16.3. The van der Waals surface area contributed by atoms with Crippen molar-refractivity contribution >= 4 is 47.7 Å². The average molecular weight is 493 g/mol. The van der Waals surface area contributed by atoms with Crippen LogP contribution in [0.3, 0.4) is 0 Å². The highest BCUT2D eigenvalue weighted by molar-refractivity contribution is 14.0. The van der Waals surface area contributed by atoms with E-state index >= 15 is 0 Å². The summed E-state index contributed by atoms with van der Waals surface area (Å²) in [5.74, 6) is 0.786. The monoisotopic (exact) mass is 493 g/mol. The van der Waals surface area contributed by atoms with Crippen molar-refractivity contribution in [3.63, 3.8) is 0 Å². The summed E-state index contributed by atoms with van der Waals surface area (Å²) in [4.78, 5) is 18.8. The molecule has 0 aliphatic heterocycles. The van der Waals surface area contributed by atoms with Crippen molar-refractivity contribution in [2.24, 2.45) is 4.99 Å². The van der Waals surface area contributed by atoms with Crippen LogP contribution in [0.2, 0.25) is 0 Å². The van der Waals surface area contributed by atoms with Crippen LogP contribution in [0.4, 0.5) is 0 Å². The van der Waals surface area contributed by atoms with E-state index in [1.54, 1.807) is 11.8 Å². The molecule has 0 unspecified atom stereocenters. The Labute approximate surface area is 179 Å². The minimum absolute atomic E-state index is 0. The molecule has 0 aliphatic carbocycles. The van der Waals surface area contributed by atoms with Crippen LogP contribution >= 0.6 is 35.7 Å². The maximum absolute atomic E-state index is 11.0. The van der Waals surface area contributed by atoms with Crippen LogP contribution in [-0.2, 0) is 16.1 Å². The van der Waals surface area contributed by atoms with Crippen molar-refractivity contribution < 1.29 is 9.53 Å². The number of thioether (sulfide) groups is 1. The first-order chi connectivity index (χ1) is 12.1. The molecule has 26 heavy (non-hydrogen) atoms. The molecule has 0 atom stereocenters. The molecule has 148 valence electrons. The Kier molecular flexibility index (Phi) is 14.6. The van der Waals surface area contributed by atoms with Gasteiger partial charge in [0.1, 0.15) is 0 Å². The van der Waals surface area contributed by atoms with Crippen molar-refractivity contribution in [3.8, 4) is 0 Å². The van der Waals surface area contributed by atoms with Crippen LogP contribution < -0.4 is 5.32 Å². The standard InChI is InChI=1S/C19H31N3O2S.HI/c1-20-19(21-14-8-6-5-7-9-18(23)24-3)22(2)15-16-10-12-17(25-4)13-11-16;/h10-13H,5-9,14-15H2,1-4H3,(H,20,21);1H. The first-order valence-electron chi connectivity index (χ1n) is 8.72. The fourth-order valence-electron chi connectivity index (χ4n) is 2.51. The largest absolute Gasteiger partial charge is 0.469 e. The van der Waals surface area contributed by atoms with Crippen LogP contribution in [0.5, 0.6) is 0 Å². The maximum atomic E-state index is 11.0. The van der Waals surface area contributed by atoms with Gasteiger partial charge in [-0.15, -0.1) is 35.7 Å². The second-order valence-electron chi connectivity index (χ2n) is 5.92. The van der Waals surface area contributed by atoms with Gasteiger partial charge in [0.25, 0.3) is 0 Å². The minimum atomic E-state index is -0.120. The smallest absolute Gasteiger partial charge is 0.305 e. The van der Waals surface area contributed by atoms with E-state index in [0.717, 1.165) is 44.7 Å². The summed E-state index contributed by atoms with van der Waals surface area (Å²) in [6, 6.07) is 8.63. The van der Waals surface area contributed by atoms with E-state index in [2.05, 4.69) is 50.5 Å². The molecule has 0 bridgehead atoms. The molecule has 1 aromatic carbocycles. The summed E-state index contributed by atoms with van der Waals surface area (Å²) >= 11 is 1.75. The third-order valence-corrected chi connectivity index (χ3v) is 4.71. The Bertz CT molecular complexity index is 538. The number of nitrogens with zero attached hydrogens (tertiary/aromatic N) is 2. The number of aliphatic imine (C=N–C) groups is 1. The second kappa shape index (κ2) is 15.1. The molecule has 0 saturated carbocycles. The van der Waals surface area contributed by atoms with Gasteiger partial charge in [0, 0.05) is 38.5 Å². The lowest BCUT2D eigenvalue weighted by molar-refractivity contribution is -0.140. The van der Waals surface area contributed by atoms with Gasteiger partial charge in [0.05, 0.1) is 7.11 Å². The zero-order valence-corrected chi connectivity index (χ0v) is 19.4. The lowest BCUT2D eigenvalue weighted by atomic mass is 10.1. The van der Waals surface area contributed by atoms with Gasteiger partial charge in [0.15, 0.2) is 5.96 Å². The third kappa shape index (κ3) is 10.3. The van der Waals surface area contributed by atoms with E-state index in [-0.39, 0.29) is 29.9 Å². The van der Waals surface area contributed by atoms with Crippen LogP contribution in [0.1, 0.15) is 37.7 Å². The summed E-state index contributed by atoms with van der Waals surface area (Å²) < 4.78 is 4.64. The summed E-state index contributed by atoms with van der Waals surface area (Å²) in [6.45, 7) is 1.72. The Morgan fingerprint density at radius 3 is 2.42 bits per heavy atom. The molecule has 0 radical (unpaired) electrons. The Hall–Kier alpha value is -0.960. The van der Waals surface area contributed by atoms with E-state index in [9.17, 15) is 4.79 Å². The summed E-state index contributed by atoms with van der Waals surface area (Å²) in [5, 5.41) is 3.40. The van der Waals surface area contributed by atoms with Crippen molar-refractivity contribution in [1.29, 1.82) is 0 Å². The number of ether oxygens (including phenoxy) is 1. The van der Waals surface area contributed by atoms with Gasteiger partial charge in [-0.25, -0.2) is 0 Å². The highest BCUT2D eigenvalue weighted by Gasteiger charge is 2.06. The maximum Gasteiger partial charge on any atom is 0.305 e. The van der Waals surface area contributed by atoms with E-state index in [1.807, 2.05) is 14.1 Å². The number of nitrogens with one attached hydrogen (secondary N) is 1. The molecule has 1 N–H and O–H groups in total. The SMILES string of the molecule is CN=C(NCCCCCCC(=O)OC)N(C)Cc1ccc(SC)cc1.I. The van der Waals surface area contributed by atoms with Gasteiger partial charge in [-0.2, -0.15) is 0 Å². The van der Waals surface area contributed by atoms with Gasteiger partial charge in [-0.1, -0.05) is 25.0 Å². The number of hydrogen-bond donors (Lipinski definition) is 1. The molecule has 7 heteroatoms. The lowest BCUT2D eigenvalue weighted by Crippen LogP contribution is -2.38. The Balaban J connectivity index is 0.00000625. The zero-order chi connectivity index (χ0) is 18.5. The molecular weight excluding hydrogens is 461 g/mol. The predicted molar refractivity (Wildman–Crippen MR) is 122 cm³/mol. The highest BCUT2D eigenvalue weighted by Crippen LogP contribution is 2.15. The molecular formula is C19H32IN3O2S. The van der Waals surface area contributed by atoms with Gasteiger partial charge < -0.3 is 15.0 Å². The molecule has 1 rings (SSSR count). The normalized spacial score (nSPS) is 10.8. The van der Waals surface area contributed by atoms with Crippen LogP contribution in [0, 0.1) is 0 Å². The molecule has 0 amide bonds. The minimum Gasteiger partial charge on any atom is -0.469 e. The van der Waals surface area contributed by atoms with Crippen molar-refractivity contribution in [1.82, 2.24) is 10.2 Å². The Morgan fingerprint density at radius 1 is 1.19 bits per heavy atom. The summed E-state index contributed by atoms with van der Waals surface area (Å²) in [7, 11) is 5.30. The second-order valence-corrected chi connectivity index (χ2v) is 6.80. The van der Waals surface area contributed by atoms with E-state index < -0.39 is 0 Å². The van der Waals surface area contributed by atoms with Crippen molar-refractivity contribution in [3.05, 3.63) is 29.8 Å². The van der Waals surface area contributed by atoms with Crippen LogP contribution in [-0.4, -0.2) is 50.8 Å². The first kappa shape index (κ1) is 25.0. The number of methoxy groups -OCH3 is 1. The molecule has 0 fully saturated rings. The molecule has 0 heterocycles. The molecule has 5 nitrogen and oxygen atoms in total. The van der Waals surface area contributed by atoms with Crippen molar-refractivity contribution in [2.75, 3.05) is 34.0 Å². The fourth-order valence-corrected chi connectivity index (χ4v) is 2.92. The third-order valence-electron chi connectivity index (χ3n) is 3.97. The molecule has 1 aromatic rings. The summed E-state index contributed by atoms with van der Waals surface area (Å²) in [6.07, 6.45) is 6.71. The average Bonchev–Trinajstić information content (AvgIpc) is 2.64. The number of carbonyl (C=O) groups excluding carboxylic acids is 1. The number of esters is 1. The molecule has 0 saturated heterocycles. The van der Waals surface area contributed by atoms with E-state index in [0.29, 0.717) is 6.42 Å². The molecule has 0 aromatic heterocycles. The van der Waals surface area contributed by atoms with E-state index in [1.165, 1.54) is 17.6 Å². The van der Waals surface area contributed by atoms with E-state index in [4.69, 9.17) is 0 Å². The van der Waals surface area contributed by atoms with Gasteiger partial charge in [-0.05, 0) is 36.8 Å². The van der Waals surface area contributed by atoms with Gasteiger partial charge in [-0.3, -0.25) is 9.79 Å². The Morgan fingerprint density at radius 2 is 1.85 bits per heavy atom. The predicted octanol–water partition coefficient (Wildman–Crippen LogP) is 4.16. The quantitative estimate of drug-likeness (QED) is 0.133. The first-order valence-corrected chi connectivity index (χ1v) is 9.94. The lowest BCUT2D eigenvalue weighted by Gasteiger charge is -2.22. The van der Waals surface area contributed by atoms with Gasteiger partial charge >= 0.3 is 5.97 Å². The highest BCUT2D eigenvalue weighted by atomic mass is 127. The van der Waals surface area contributed by atoms with Gasteiger partial charge in [0.2, 0.25) is 0 Å². The number of unbranched alkanes of at least 4 members (excludes halogenated alkanes) is 3. The molecule has 0 spiro atoms. The molecule has 0 aliphatic rings. The number of benzene rings is 1. The van der Waals surface area contributed by atoms with Crippen molar-refractivity contribution in [2.45, 2.75) is 43.5 Å². The summed E-state index contributed by atoms with van der Waals surface area (Å²) in [5.41, 5.74) is 1.27. The number of carbonyl (C=O) groups is 1. The fraction of sp³-hybridized carbons (Fsp3) is 0.579. The number of guanidine groups is 1. The number of rotatable bonds is 10.